The van der Waals surface area contributed by atoms with Gasteiger partial charge in [0, 0.05) is 13.1 Å². The minimum Gasteiger partial charge on any atom is -0.465 e. The van der Waals surface area contributed by atoms with Crippen molar-refractivity contribution >= 4 is 24.0 Å². The summed E-state index contributed by atoms with van der Waals surface area (Å²) in [5.74, 6) is -2.79. The van der Waals surface area contributed by atoms with Crippen molar-refractivity contribution < 1.29 is 28.3 Å². The van der Waals surface area contributed by atoms with Crippen LogP contribution >= 0.6 is 0 Å². The van der Waals surface area contributed by atoms with E-state index in [-0.39, 0.29) is 6.54 Å². The second-order valence-electron chi connectivity index (χ2n) is 7.59. The number of rotatable bonds is 7. The summed E-state index contributed by atoms with van der Waals surface area (Å²) in [7, 11) is 0. The molecule has 3 N–H and O–H groups in total. The largest absolute Gasteiger partial charge is 0.465 e. The zero-order valence-corrected chi connectivity index (χ0v) is 16.8. The van der Waals surface area contributed by atoms with Gasteiger partial charge in [-0.25, -0.2) is 13.6 Å². The van der Waals surface area contributed by atoms with Crippen molar-refractivity contribution in [1.29, 1.82) is 0 Å². The summed E-state index contributed by atoms with van der Waals surface area (Å²) in [6, 6.07) is 9.14. The van der Waals surface area contributed by atoms with Crippen molar-refractivity contribution in [3.8, 4) is 0 Å². The predicted molar refractivity (Wildman–Crippen MR) is 110 cm³/mol. The number of hydrogen-bond acceptors (Lipinski definition) is 4. The van der Waals surface area contributed by atoms with E-state index in [1.54, 1.807) is 11.8 Å². The van der Waals surface area contributed by atoms with Gasteiger partial charge in [-0.2, -0.15) is 0 Å². The molecular weight excluding hydrogens is 408 g/mol. The van der Waals surface area contributed by atoms with Crippen LogP contribution in [0, 0.1) is 17.6 Å². The third kappa shape index (κ3) is 5.24. The van der Waals surface area contributed by atoms with Crippen molar-refractivity contribution in [2.75, 3.05) is 11.9 Å². The molecule has 1 heterocycles. The summed E-state index contributed by atoms with van der Waals surface area (Å²) in [6.07, 6.45) is -0.499. The van der Waals surface area contributed by atoms with Gasteiger partial charge in [0.05, 0.1) is 12.1 Å². The van der Waals surface area contributed by atoms with Crippen molar-refractivity contribution in [3.63, 3.8) is 0 Å². The average molecular weight is 431 g/mol. The third-order valence-electron chi connectivity index (χ3n) is 5.43. The molecule has 0 bridgehead atoms. The molecule has 0 aromatic heterocycles. The summed E-state index contributed by atoms with van der Waals surface area (Å²) >= 11 is 0. The first-order valence-corrected chi connectivity index (χ1v) is 9.80. The van der Waals surface area contributed by atoms with Gasteiger partial charge in [-0.3, -0.25) is 9.69 Å². The van der Waals surface area contributed by atoms with E-state index < -0.39 is 47.3 Å². The van der Waals surface area contributed by atoms with Crippen LogP contribution in [0.15, 0.2) is 42.5 Å². The monoisotopic (exact) mass is 431 g/mol. The second kappa shape index (κ2) is 9.65. The number of halogens is 2. The van der Waals surface area contributed by atoms with Crippen LogP contribution < -0.4 is 10.6 Å². The molecule has 0 saturated heterocycles. The van der Waals surface area contributed by atoms with E-state index in [0.29, 0.717) is 19.3 Å². The third-order valence-corrected chi connectivity index (χ3v) is 5.43. The fourth-order valence-electron chi connectivity index (χ4n) is 3.79. The molecule has 3 rings (SSSR count). The first kappa shape index (κ1) is 22.4. The average Bonchev–Trinajstić information content (AvgIpc) is 2.73. The number of para-hydroxylation sites is 1. The number of benzene rings is 2. The minimum atomic E-state index is -1.32. The van der Waals surface area contributed by atoms with Crippen LogP contribution in [0.5, 0.6) is 0 Å². The molecule has 1 aliphatic heterocycles. The highest BCUT2D eigenvalue weighted by atomic mass is 19.1. The Bertz CT molecular complexity index is 965. The highest BCUT2D eigenvalue weighted by Gasteiger charge is 2.34. The van der Waals surface area contributed by atoms with Crippen molar-refractivity contribution in [1.82, 2.24) is 10.2 Å². The Morgan fingerprint density at radius 3 is 2.42 bits per heavy atom. The molecular formula is C22H23F2N3O4. The standard InChI is InChI=1S/C22H23F2N3O4/c1-13(18(12-28)25-22(30)31)10-27-11-15-6-3-2-5-14(15)9-19(27)21(29)26-20-16(23)7-4-8-17(20)24/h2-8,12-13,18-19,25H,9-11H2,1H3,(H,26,29)(H,30,31)/t13-,18?,19+/m1/s1. The van der Waals surface area contributed by atoms with E-state index in [9.17, 15) is 23.2 Å². The van der Waals surface area contributed by atoms with Crippen LogP contribution in [0.2, 0.25) is 0 Å². The second-order valence-corrected chi connectivity index (χ2v) is 7.59. The maximum Gasteiger partial charge on any atom is 0.405 e. The molecule has 2 amide bonds. The first-order valence-electron chi connectivity index (χ1n) is 9.80. The molecule has 164 valence electrons. The maximum absolute atomic E-state index is 14.0. The number of carbonyl (C=O) groups excluding carboxylic acids is 2. The number of aldehydes is 1. The van der Waals surface area contributed by atoms with Crippen LogP contribution in [0.4, 0.5) is 19.3 Å². The number of nitrogens with one attached hydrogen (secondary N) is 2. The molecule has 31 heavy (non-hydrogen) atoms. The van der Waals surface area contributed by atoms with Gasteiger partial charge in [0.25, 0.3) is 0 Å². The number of carbonyl (C=O) groups is 3. The lowest BCUT2D eigenvalue weighted by Gasteiger charge is -2.38. The SMILES string of the molecule is C[C@H](CN1Cc2ccccc2C[C@H]1C(=O)Nc1c(F)cccc1F)C(C=O)NC(=O)O. The van der Waals surface area contributed by atoms with Crippen LogP contribution in [-0.4, -0.2) is 46.9 Å². The number of amides is 2. The van der Waals surface area contributed by atoms with E-state index in [1.165, 1.54) is 6.07 Å². The molecule has 0 aliphatic carbocycles. The van der Waals surface area contributed by atoms with Gasteiger partial charge in [0.15, 0.2) is 0 Å². The van der Waals surface area contributed by atoms with Gasteiger partial charge in [-0.05, 0) is 35.6 Å². The zero-order valence-electron chi connectivity index (χ0n) is 16.8. The lowest BCUT2D eigenvalue weighted by Crippen LogP contribution is -2.52. The van der Waals surface area contributed by atoms with Crippen molar-refractivity contribution in [3.05, 3.63) is 65.2 Å². The molecule has 2 aromatic rings. The summed E-state index contributed by atoms with van der Waals surface area (Å²) in [5.41, 5.74) is 1.42. The molecule has 1 unspecified atom stereocenters. The van der Waals surface area contributed by atoms with Gasteiger partial charge >= 0.3 is 6.09 Å². The van der Waals surface area contributed by atoms with Gasteiger partial charge in [-0.15, -0.1) is 0 Å². The summed E-state index contributed by atoms with van der Waals surface area (Å²) in [6.45, 7) is 2.29. The summed E-state index contributed by atoms with van der Waals surface area (Å²) < 4.78 is 28.1. The summed E-state index contributed by atoms with van der Waals surface area (Å²) in [4.78, 5) is 37.1. The lowest BCUT2D eigenvalue weighted by molar-refractivity contribution is -0.122. The highest BCUT2D eigenvalue weighted by Crippen LogP contribution is 2.26. The lowest BCUT2D eigenvalue weighted by atomic mass is 9.91. The number of anilines is 1. The molecule has 9 heteroatoms. The minimum absolute atomic E-state index is 0.218. The normalized spacial score (nSPS) is 17.8. The molecule has 2 aromatic carbocycles. The van der Waals surface area contributed by atoms with Crippen LogP contribution in [-0.2, 0) is 22.6 Å². The molecule has 0 saturated carbocycles. The van der Waals surface area contributed by atoms with Crippen LogP contribution in [0.1, 0.15) is 18.1 Å². The molecule has 1 aliphatic rings. The molecule has 7 nitrogen and oxygen atoms in total. The smallest absolute Gasteiger partial charge is 0.405 e. The quantitative estimate of drug-likeness (QED) is 0.586. The number of fused-ring (bicyclic) bond motifs is 1. The summed E-state index contributed by atoms with van der Waals surface area (Å²) in [5, 5.41) is 13.4. The van der Waals surface area contributed by atoms with Gasteiger partial charge in [0.1, 0.15) is 23.6 Å². The fourth-order valence-corrected chi connectivity index (χ4v) is 3.79. The van der Waals surface area contributed by atoms with E-state index in [2.05, 4.69) is 10.6 Å². The Kier molecular flexibility index (Phi) is 6.96. The molecule has 0 fully saturated rings. The van der Waals surface area contributed by atoms with Gasteiger partial charge in [0.2, 0.25) is 5.91 Å². The number of nitrogens with zero attached hydrogens (tertiary/aromatic N) is 1. The Labute approximate surface area is 178 Å². The van der Waals surface area contributed by atoms with Gasteiger partial charge < -0.3 is 20.5 Å². The van der Waals surface area contributed by atoms with E-state index >= 15 is 0 Å². The Balaban J connectivity index is 1.85. The predicted octanol–water partition coefficient (Wildman–Crippen LogP) is 2.80. The Morgan fingerprint density at radius 2 is 1.81 bits per heavy atom. The van der Waals surface area contributed by atoms with E-state index in [4.69, 9.17) is 5.11 Å². The fraction of sp³-hybridized carbons (Fsp3) is 0.318. The van der Waals surface area contributed by atoms with Crippen molar-refractivity contribution in [2.24, 2.45) is 5.92 Å². The van der Waals surface area contributed by atoms with E-state index in [0.717, 1.165) is 23.3 Å². The Hall–Kier alpha value is -3.33. The van der Waals surface area contributed by atoms with Crippen LogP contribution in [0.25, 0.3) is 0 Å². The molecule has 0 radical (unpaired) electrons. The molecule has 0 spiro atoms. The number of hydrogen-bond donors (Lipinski definition) is 3. The van der Waals surface area contributed by atoms with Crippen molar-refractivity contribution in [2.45, 2.75) is 32.0 Å². The molecule has 3 atom stereocenters. The number of carboxylic acid groups (broad SMARTS) is 1. The maximum atomic E-state index is 14.0. The Morgan fingerprint density at radius 1 is 1.16 bits per heavy atom. The topological polar surface area (TPSA) is 98.7 Å². The zero-order chi connectivity index (χ0) is 22.5. The van der Waals surface area contributed by atoms with Gasteiger partial charge in [-0.1, -0.05) is 37.3 Å². The van der Waals surface area contributed by atoms with E-state index in [1.807, 2.05) is 24.3 Å². The first-order chi connectivity index (χ1) is 14.8. The van der Waals surface area contributed by atoms with Crippen LogP contribution in [0.3, 0.4) is 0 Å². The highest BCUT2D eigenvalue weighted by molar-refractivity contribution is 5.95.